The minimum atomic E-state index is -3.16. The number of nitrogens with one attached hydrogen (secondary N) is 3. The average molecular weight is 599 g/mol. The molecule has 4 rings (SSSR count). The highest BCUT2D eigenvalue weighted by molar-refractivity contribution is 6.08. The second kappa shape index (κ2) is 12.9. The summed E-state index contributed by atoms with van der Waals surface area (Å²) in [6.07, 6.45) is 3.39. The topological polar surface area (TPSA) is 154 Å². The molecule has 1 aromatic carbocycles. The van der Waals surface area contributed by atoms with Crippen molar-refractivity contribution < 1.29 is 32.7 Å². The number of hydrogen-bond donors (Lipinski definition) is 3. The number of alkyl halides is 2. The van der Waals surface area contributed by atoms with Crippen LogP contribution in [-0.4, -0.2) is 76.9 Å². The Balaban J connectivity index is 1.33. The molecule has 2 aliphatic rings. The van der Waals surface area contributed by atoms with E-state index in [2.05, 4.69) is 20.9 Å². The number of amides is 4. The van der Waals surface area contributed by atoms with Crippen LogP contribution in [0.2, 0.25) is 0 Å². The van der Waals surface area contributed by atoms with Crippen LogP contribution < -0.4 is 16.0 Å². The molecule has 1 saturated carbocycles. The average Bonchev–Trinajstić information content (AvgIpc) is 3.28. The molecule has 4 amide bonds. The standard InChI is InChI=1S/C30H36F2N6O5/c1-29(2,3)43-28(42)36-15-18-4-7-20(8-5-18)37-26(40)19-6-9-24-23(12-19)22(10-11-34-24)27(41)35-16-25(39)38-17-30(31,32)13-21(38)14-33/h6,9-12,18,20-21H,4-5,7-8,13,15-17H2,1-3H3,(H,35,41)(H,36,42)(H,37,40)/t18?,20?,21-/m0/s1. The smallest absolute Gasteiger partial charge is 0.407 e. The zero-order valence-corrected chi connectivity index (χ0v) is 24.4. The van der Waals surface area contributed by atoms with E-state index in [-0.39, 0.29) is 23.4 Å². The maximum Gasteiger partial charge on any atom is 0.407 e. The van der Waals surface area contributed by atoms with E-state index >= 15 is 0 Å². The van der Waals surface area contributed by atoms with Gasteiger partial charge in [0, 0.05) is 36.2 Å². The second-order valence-electron chi connectivity index (χ2n) is 12.1. The van der Waals surface area contributed by atoms with Crippen LogP contribution in [0.1, 0.15) is 73.6 Å². The van der Waals surface area contributed by atoms with Crippen molar-refractivity contribution in [3.05, 3.63) is 41.6 Å². The number of likely N-dealkylation sites (tertiary alicyclic amines) is 1. The number of carbonyl (C=O) groups excluding carboxylic acids is 4. The van der Waals surface area contributed by atoms with E-state index in [0.29, 0.717) is 23.0 Å². The lowest BCUT2D eigenvalue weighted by Crippen LogP contribution is -2.43. The van der Waals surface area contributed by atoms with Crippen LogP contribution >= 0.6 is 0 Å². The van der Waals surface area contributed by atoms with Gasteiger partial charge in [-0.15, -0.1) is 0 Å². The number of nitrogens with zero attached hydrogens (tertiary/aromatic N) is 3. The van der Waals surface area contributed by atoms with E-state index in [0.717, 1.165) is 30.6 Å². The molecular weight excluding hydrogens is 562 g/mol. The van der Waals surface area contributed by atoms with Gasteiger partial charge in [0.15, 0.2) is 0 Å². The number of alkyl carbamates (subject to hydrolysis) is 1. The van der Waals surface area contributed by atoms with Crippen LogP contribution in [0.5, 0.6) is 0 Å². The van der Waals surface area contributed by atoms with Gasteiger partial charge in [0.2, 0.25) is 5.91 Å². The quantitative estimate of drug-likeness (QED) is 0.441. The molecule has 1 saturated heterocycles. The summed E-state index contributed by atoms with van der Waals surface area (Å²) in [5.41, 5.74) is 0.384. The second-order valence-corrected chi connectivity index (χ2v) is 12.1. The third-order valence-corrected chi connectivity index (χ3v) is 7.50. The highest BCUT2D eigenvalue weighted by Gasteiger charge is 2.47. The monoisotopic (exact) mass is 598 g/mol. The van der Waals surface area contributed by atoms with Gasteiger partial charge >= 0.3 is 6.09 Å². The molecule has 0 bridgehead atoms. The van der Waals surface area contributed by atoms with Crippen molar-refractivity contribution in [3.8, 4) is 6.07 Å². The molecule has 43 heavy (non-hydrogen) atoms. The van der Waals surface area contributed by atoms with Gasteiger partial charge < -0.3 is 25.6 Å². The SMILES string of the molecule is CC(C)(C)OC(=O)NCC1CCC(NC(=O)c2ccc3nccc(C(=O)NCC(=O)N4CC(F)(F)C[C@H]4C#N)c3c2)CC1. The van der Waals surface area contributed by atoms with Crippen molar-refractivity contribution in [3.63, 3.8) is 0 Å². The van der Waals surface area contributed by atoms with Gasteiger partial charge in [0.25, 0.3) is 17.7 Å². The van der Waals surface area contributed by atoms with E-state index < -0.39 is 55.0 Å². The minimum absolute atomic E-state index is 0.0427. The molecule has 0 unspecified atom stereocenters. The highest BCUT2D eigenvalue weighted by Crippen LogP contribution is 2.31. The van der Waals surface area contributed by atoms with Crippen molar-refractivity contribution in [1.29, 1.82) is 5.26 Å². The Hall–Kier alpha value is -4.34. The highest BCUT2D eigenvalue weighted by atomic mass is 19.3. The fourth-order valence-electron chi connectivity index (χ4n) is 5.35. The Morgan fingerprint density at radius 3 is 2.49 bits per heavy atom. The van der Waals surface area contributed by atoms with Crippen molar-refractivity contribution >= 4 is 34.7 Å². The number of nitriles is 1. The number of pyridine rings is 1. The van der Waals surface area contributed by atoms with Gasteiger partial charge in [0.1, 0.15) is 11.6 Å². The van der Waals surface area contributed by atoms with Gasteiger partial charge in [-0.2, -0.15) is 5.26 Å². The van der Waals surface area contributed by atoms with Gasteiger partial charge in [-0.3, -0.25) is 19.4 Å². The van der Waals surface area contributed by atoms with Gasteiger partial charge in [0.05, 0.1) is 30.2 Å². The Labute approximate surface area is 248 Å². The number of fused-ring (bicyclic) bond motifs is 1. The van der Waals surface area contributed by atoms with Gasteiger partial charge in [-0.25, -0.2) is 13.6 Å². The number of hydrogen-bond acceptors (Lipinski definition) is 7. The third-order valence-electron chi connectivity index (χ3n) is 7.50. The summed E-state index contributed by atoms with van der Waals surface area (Å²) in [6, 6.07) is 6.63. The number of ether oxygens (including phenoxy) is 1. The Bertz CT molecular complexity index is 1430. The summed E-state index contributed by atoms with van der Waals surface area (Å²) in [7, 11) is 0. The van der Waals surface area contributed by atoms with Crippen molar-refractivity contribution in [2.24, 2.45) is 5.92 Å². The van der Waals surface area contributed by atoms with E-state index in [1.54, 1.807) is 45.0 Å². The normalized spacial score (nSPS) is 21.5. The summed E-state index contributed by atoms with van der Waals surface area (Å²) < 4.78 is 32.7. The van der Waals surface area contributed by atoms with Crippen LogP contribution in [0, 0.1) is 17.2 Å². The van der Waals surface area contributed by atoms with Gasteiger partial charge in [-0.05, 0) is 76.6 Å². The number of aromatic nitrogens is 1. The predicted octanol–water partition coefficient (Wildman–Crippen LogP) is 3.54. The lowest BCUT2D eigenvalue weighted by Gasteiger charge is -2.29. The largest absolute Gasteiger partial charge is 0.444 e. The molecule has 1 atom stereocenters. The first kappa shape index (κ1) is 31.6. The minimum Gasteiger partial charge on any atom is -0.444 e. The van der Waals surface area contributed by atoms with E-state index in [9.17, 15) is 28.0 Å². The number of halogens is 2. The lowest BCUT2D eigenvalue weighted by molar-refractivity contribution is -0.131. The molecule has 11 nitrogen and oxygen atoms in total. The number of carbonyl (C=O) groups is 4. The van der Waals surface area contributed by atoms with Crippen molar-refractivity contribution in [1.82, 2.24) is 25.8 Å². The summed E-state index contributed by atoms with van der Waals surface area (Å²) in [5.74, 6) is -4.61. The predicted molar refractivity (Wildman–Crippen MR) is 152 cm³/mol. The van der Waals surface area contributed by atoms with Crippen LogP contribution in [0.4, 0.5) is 13.6 Å². The van der Waals surface area contributed by atoms with E-state index in [1.807, 2.05) is 0 Å². The molecule has 3 N–H and O–H groups in total. The molecule has 230 valence electrons. The van der Waals surface area contributed by atoms with Crippen LogP contribution in [0.3, 0.4) is 0 Å². The lowest BCUT2D eigenvalue weighted by atomic mass is 9.86. The fourth-order valence-corrected chi connectivity index (χ4v) is 5.35. The first-order chi connectivity index (χ1) is 20.2. The third kappa shape index (κ3) is 8.37. The number of rotatable bonds is 7. The maximum absolute atomic E-state index is 13.7. The summed E-state index contributed by atoms with van der Waals surface area (Å²) in [5, 5.41) is 17.8. The summed E-state index contributed by atoms with van der Waals surface area (Å²) >= 11 is 0. The first-order valence-electron chi connectivity index (χ1n) is 14.3. The van der Waals surface area contributed by atoms with E-state index in [1.165, 1.54) is 12.3 Å². The fraction of sp³-hybridized carbons (Fsp3) is 0.533. The van der Waals surface area contributed by atoms with Crippen molar-refractivity contribution in [2.75, 3.05) is 19.6 Å². The summed E-state index contributed by atoms with van der Waals surface area (Å²) in [6.45, 7) is 4.49. The van der Waals surface area contributed by atoms with Crippen LogP contribution in [0.25, 0.3) is 10.9 Å². The zero-order chi connectivity index (χ0) is 31.4. The molecule has 1 aromatic heterocycles. The molecule has 2 heterocycles. The first-order valence-corrected chi connectivity index (χ1v) is 14.3. The Kier molecular flexibility index (Phi) is 9.47. The van der Waals surface area contributed by atoms with Gasteiger partial charge in [-0.1, -0.05) is 0 Å². The number of benzene rings is 1. The molecule has 2 aromatic rings. The molecule has 0 radical (unpaired) electrons. The van der Waals surface area contributed by atoms with Crippen LogP contribution in [0.15, 0.2) is 30.5 Å². The van der Waals surface area contributed by atoms with E-state index in [4.69, 9.17) is 10.00 Å². The molecule has 1 aliphatic heterocycles. The summed E-state index contributed by atoms with van der Waals surface area (Å²) in [4.78, 5) is 55.5. The molecule has 2 fully saturated rings. The Morgan fingerprint density at radius 2 is 1.81 bits per heavy atom. The van der Waals surface area contributed by atoms with Crippen LogP contribution in [-0.2, 0) is 9.53 Å². The zero-order valence-electron chi connectivity index (χ0n) is 24.4. The molecular formula is C30H36F2N6O5. The molecule has 1 aliphatic carbocycles. The Morgan fingerprint density at radius 1 is 1.09 bits per heavy atom. The molecule has 13 heteroatoms. The van der Waals surface area contributed by atoms with Crippen molar-refractivity contribution in [2.45, 2.75) is 76.5 Å². The maximum atomic E-state index is 13.7. The molecule has 0 spiro atoms.